The molecule has 0 aliphatic carbocycles. The molecule has 0 bridgehead atoms. The summed E-state index contributed by atoms with van der Waals surface area (Å²) in [6, 6.07) is 13.9. The molecule has 0 fully saturated rings. The second kappa shape index (κ2) is 8.35. The molecular formula is C22H21N5O. The van der Waals surface area contributed by atoms with E-state index in [0.29, 0.717) is 18.7 Å². The van der Waals surface area contributed by atoms with Crippen molar-refractivity contribution in [2.24, 2.45) is 0 Å². The molecule has 6 nitrogen and oxygen atoms in total. The molecule has 0 atom stereocenters. The zero-order chi connectivity index (χ0) is 19.2. The van der Waals surface area contributed by atoms with E-state index in [1.54, 1.807) is 18.6 Å². The topological polar surface area (TPSA) is 82.7 Å². The monoisotopic (exact) mass is 371 g/mol. The van der Waals surface area contributed by atoms with E-state index in [2.05, 4.69) is 31.7 Å². The Morgan fingerprint density at radius 2 is 1.96 bits per heavy atom. The number of nitrogens with one attached hydrogen (secondary N) is 3. The minimum absolute atomic E-state index is 0.127. The average Bonchev–Trinajstić information content (AvgIpc) is 3.16. The van der Waals surface area contributed by atoms with Crippen molar-refractivity contribution in [2.75, 3.05) is 11.9 Å². The second-order valence-electron chi connectivity index (χ2n) is 6.54. The first-order valence-electron chi connectivity index (χ1n) is 9.20. The van der Waals surface area contributed by atoms with Crippen molar-refractivity contribution in [1.82, 2.24) is 20.3 Å². The van der Waals surface area contributed by atoms with Crippen molar-refractivity contribution in [1.29, 1.82) is 0 Å². The lowest BCUT2D eigenvalue weighted by atomic mass is 10.1. The number of amides is 1. The maximum absolute atomic E-state index is 12.5. The number of anilines is 1. The summed E-state index contributed by atoms with van der Waals surface area (Å²) in [5.41, 5.74) is 4.71. The van der Waals surface area contributed by atoms with E-state index in [4.69, 9.17) is 0 Å². The third-order valence-electron chi connectivity index (χ3n) is 4.57. The van der Waals surface area contributed by atoms with E-state index in [1.165, 1.54) is 10.9 Å². The van der Waals surface area contributed by atoms with Crippen LogP contribution in [0, 0.1) is 0 Å². The highest BCUT2D eigenvalue weighted by atomic mass is 16.1. The zero-order valence-corrected chi connectivity index (χ0v) is 15.4. The van der Waals surface area contributed by atoms with Gasteiger partial charge >= 0.3 is 0 Å². The fourth-order valence-corrected chi connectivity index (χ4v) is 3.12. The number of pyridine rings is 2. The van der Waals surface area contributed by atoms with E-state index >= 15 is 0 Å². The standard InChI is InChI=1S/C22H21N5O/c28-22(25-9-7-17-14-27-21-6-2-1-5-20(17)21)18-10-19(15-24-13-18)26-12-16-4-3-8-23-11-16/h1-6,8,10-11,13-15,26-27H,7,9,12H2,(H,25,28). The molecule has 0 unspecified atom stereocenters. The smallest absolute Gasteiger partial charge is 0.252 e. The van der Waals surface area contributed by atoms with Crippen molar-refractivity contribution < 1.29 is 4.79 Å². The molecule has 140 valence electrons. The molecule has 0 saturated heterocycles. The number of para-hydroxylation sites is 1. The zero-order valence-electron chi connectivity index (χ0n) is 15.4. The Hall–Kier alpha value is -3.67. The number of aromatic nitrogens is 3. The third kappa shape index (κ3) is 4.17. The number of H-pyrrole nitrogens is 1. The van der Waals surface area contributed by atoms with Crippen LogP contribution in [0.1, 0.15) is 21.5 Å². The molecule has 3 N–H and O–H groups in total. The van der Waals surface area contributed by atoms with Crippen LogP contribution in [0.3, 0.4) is 0 Å². The van der Waals surface area contributed by atoms with Gasteiger partial charge in [0.25, 0.3) is 5.91 Å². The van der Waals surface area contributed by atoms with Gasteiger partial charge in [-0.3, -0.25) is 14.8 Å². The van der Waals surface area contributed by atoms with Gasteiger partial charge in [-0.25, -0.2) is 0 Å². The molecule has 6 heteroatoms. The van der Waals surface area contributed by atoms with E-state index in [0.717, 1.165) is 23.2 Å². The van der Waals surface area contributed by atoms with Crippen LogP contribution in [0.15, 0.2) is 73.4 Å². The summed E-state index contributed by atoms with van der Waals surface area (Å²) in [7, 11) is 0. The summed E-state index contributed by atoms with van der Waals surface area (Å²) in [6.45, 7) is 1.19. The Labute approximate surface area is 163 Å². The predicted octanol–water partition coefficient (Wildman–Crippen LogP) is 3.54. The molecule has 3 aromatic heterocycles. The van der Waals surface area contributed by atoms with Crippen molar-refractivity contribution in [3.8, 4) is 0 Å². The lowest BCUT2D eigenvalue weighted by molar-refractivity contribution is 0.0954. The van der Waals surface area contributed by atoms with Gasteiger partial charge in [-0.05, 0) is 35.7 Å². The summed E-state index contributed by atoms with van der Waals surface area (Å²) < 4.78 is 0. The molecule has 0 aliphatic rings. The van der Waals surface area contributed by atoms with E-state index in [1.807, 2.05) is 48.8 Å². The Morgan fingerprint density at radius 3 is 2.86 bits per heavy atom. The largest absolute Gasteiger partial charge is 0.380 e. The van der Waals surface area contributed by atoms with Crippen LogP contribution in [0.25, 0.3) is 10.9 Å². The third-order valence-corrected chi connectivity index (χ3v) is 4.57. The first kappa shape index (κ1) is 17.7. The van der Waals surface area contributed by atoms with Crippen LogP contribution >= 0.6 is 0 Å². The number of benzene rings is 1. The summed E-state index contributed by atoms with van der Waals surface area (Å²) in [5.74, 6) is -0.127. The number of aromatic amines is 1. The van der Waals surface area contributed by atoms with Gasteiger partial charge in [0.2, 0.25) is 0 Å². The summed E-state index contributed by atoms with van der Waals surface area (Å²) in [5, 5.41) is 7.43. The Balaban J connectivity index is 1.33. The van der Waals surface area contributed by atoms with Gasteiger partial charge in [0.15, 0.2) is 0 Å². The molecule has 0 aliphatic heterocycles. The second-order valence-corrected chi connectivity index (χ2v) is 6.54. The van der Waals surface area contributed by atoms with Crippen molar-refractivity contribution >= 4 is 22.5 Å². The number of fused-ring (bicyclic) bond motifs is 1. The molecule has 1 aromatic carbocycles. The van der Waals surface area contributed by atoms with Gasteiger partial charge in [0, 0.05) is 55.0 Å². The number of nitrogens with zero attached hydrogens (tertiary/aromatic N) is 2. The van der Waals surface area contributed by atoms with E-state index in [-0.39, 0.29) is 5.91 Å². The van der Waals surface area contributed by atoms with Crippen LogP contribution in [-0.2, 0) is 13.0 Å². The quantitative estimate of drug-likeness (QED) is 0.464. The van der Waals surface area contributed by atoms with Gasteiger partial charge in [-0.1, -0.05) is 24.3 Å². The lowest BCUT2D eigenvalue weighted by Crippen LogP contribution is -2.25. The first-order valence-corrected chi connectivity index (χ1v) is 9.20. The summed E-state index contributed by atoms with van der Waals surface area (Å²) in [6.07, 6.45) is 9.60. The van der Waals surface area contributed by atoms with Crippen molar-refractivity contribution in [3.05, 3.63) is 90.1 Å². The maximum atomic E-state index is 12.5. The Morgan fingerprint density at radius 1 is 1.04 bits per heavy atom. The van der Waals surface area contributed by atoms with Crippen LogP contribution in [-0.4, -0.2) is 27.4 Å². The Kier molecular flexibility index (Phi) is 5.29. The van der Waals surface area contributed by atoms with Gasteiger partial charge in [0.05, 0.1) is 11.3 Å². The number of hydrogen-bond acceptors (Lipinski definition) is 4. The minimum atomic E-state index is -0.127. The molecule has 0 saturated carbocycles. The van der Waals surface area contributed by atoms with Gasteiger partial charge in [-0.15, -0.1) is 0 Å². The van der Waals surface area contributed by atoms with Crippen LogP contribution in [0.4, 0.5) is 5.69 Å². The number of rotatable bonds is 7. The fourth-order valence-electron chi connectivity index (χ4n) is 3.12. The molecule has 28 heavy (non-hydrogen) atoms. The molecule has 4 aromatic rings. The number of carbonyl (C=O) groups is 1. The van der Waals surface area contributed by atoms with Crippen LogP contribution < -0.4 is 10.6 Å². The molecule has 0 spiro atoms. The fraction of sp³-hybridized carbons (Fsp3) is 0.136. The Bertz CT molecular complexity index is 1070. The molecule has 3 heterocycles. The highest BCUT2D eigenvalue weighted by Gasteiger charge is 2.08. The van der Waals surface area contributed by atoms with Gasteiger partial charge in [0.1, 0.15) is 0 Å². The maximum Gasteiger partial charge on any atom is 0.252 e. The number of carbonyl (C=O) groups excluding carboxylic acids is 1. The minimum Gasteiger partial charge on any atom is -0.380 e. The van der Waals surface area contributed by atoms with E-state index in [9.17, 15) is 4.79 Å². The SMILES string of the molecule is O=C(NCCc1c[nH]c2ccccc12)c1cncc(NCc2cccnc2)c1. The van der Waals surface area contributed by atoms with Crippen molar-refractivity contribution in [2.45, 2.75) is 13.0 Å². The van der Waals surface area contributed by atoms with Crippen molar-refractivity contribution in [3.63, 3.8) is 0 Å². The van der Waals surface area contributed by atoms with Gasteiger partial charge in [-0.2, -0.15) is 0 Å². The molecular weight excluding hydrogens is 350 g/mol. The normalized spacial score (nSPS) is 10.7. The lowest BCUT2D eigenvalue weighted by Gasteiger charge is -2.08. The molecule has 1 amide bonds. The van der Waals surface area contributed by atoms with Crippen LogP contribution in [0.5, 0.6) is 0 Å². The molecule has 0 radical (unpaired) electrons. The van der Waals surface area contributed by atoms with E-state index < -0.39 is 0 Å². The molecule has 4 rings (SSSR count). The predicted molar refractivity (Wildman–Crippen MR) is 110 cm³/mol. The van der Waals surface area contributed by atoms with Crippen LogP contribution in [0.2, 0.25) is 0 Å². The first-order chi connectivity index (χ1) is 13.8. The summed E-state index contributed by atoms with van der Waals surface area (Å²) in [4.78, 5) is 24.0. The highest BCUT2D eigenvalue weighted by molar-refractivity contribution is 5.94. The van der Waals surface area contributed by atoms with Gasteiger partial charge < -0.3 is 15.6 Å². The number of hydrogen-bond donors (Lipinski definition) is 3. The summed E-state index contributed by atoms with van der Waals surface area (Å²) >= 11 is 0. The average molecular weight is 371 g/mol. The highest BCUT2D eigenvalue weighted by Crippen LogP contribution is 2.17.